The topological polar surface area (TPSA) is 112 Å². The van der Waals surface area contributed by atoms with Crippen molar-refractivity contribution in [3.8, 4) is 0 Å². The van der Waals surface area contributed by atoms with E-state index in [1.807, 2.05) is 21.1 Å². The van der Waals surface area contributed by atoms with E-state index >= 15 is 0 Å². The molecular formula is C20H41NO8PS2+. The Balaban J connectivity index is 4.63. The normalized spacial score (nSPS) is 14.6. The zero-order valence-corrected chi connectivity index (χ0v) is 22.2. The molecule has 2 N–H and O–H groups in total. The van der Waals surface area contributed by atoms with Crippen LogP contribution in [0, 0.1) is 0 Å². The summed E-state index contributed by atoms with van der Waals surface area (Å²) in [6, 6.07) is 0. The van der Waals surface area contributed by atoms with E-state index in [0.717, 1.165) is 13.0 Å². The maximum atomic E-state index is 12.1. The van der Waals surface area contributed by atoms with Crippen molar-refractivity contribution in [1.29, 1.82) is 0 Å². The zero-order valence-electron chi connectivity index (χ0n) is 19.6. The summed E-state index contributed by atoms with van der Waals surface area (Å²) >= 11 is 9.63. The van der Waals surface area contributed by atoms with Crippen LogP contribution in [0.5, 0.6) is 0 Å². The number of aliphatic hydroxyl groups is 2. The highest BCUT2D eigenvalue weighted by atomic mass is 32.9. The Morgan fingerprint density at radius 3 is 2.00 bits per heavy atom. The van der Waals surface area contributed by atoms with Gasteiger partial charge in [-0.3, -0.25) is 9.59 Å². The monoisotopic (exact) mass is 518 g/mol. The van der Waals surface area contributed by atoms with Gasteiger partial charge in [0.1, 0.15) is 19.8 Å². The zero-order chi connectivity index (χ0) is 24.5. The van der Waals surface area contributed by atoms with Gasteiger partial charge in [0.25, 0.3) is 0 Å². The first kappa shape index (κ1) is 31.7. The highest BCUT2D eigenvalue weighted by Crippen LogP contribution is 2.53. The van der Waals surface area contributed by atoms with E-state index in [9.17, 15) is 9.59 Å². The number of rotatable bonds is 20. The lowest BCUT2D eigenvalue weighted by Gasteiger charge is -2.26. The number of likely N-dealkylation sites (N-methyl/N-ethyl adjacent to an activating group) is 1. The van der Waals surface area contributed by atoms with Gasteiger partial charge in [-0.25, -0.2) is 0 Å². The molecule has 0 saturated heterocycles. The van der Waals surface area contributed by atoms with Gasteiger partial charge in [0, 0.05) is 26.1 Å². The molecule has 0 aromatic rings. The van der Waals surface area contributed by atoms with E-state index in [1.54, 1.807) is 0 Å². The van der Waals surface area contributed by atoms with Crippen LogP contribution < -0.4 is 0 Å². The van der Waals surface area contributed by atoms with Crippen molar-refractivity contribution in [2.24, 2.45) is 0 Å². The first-order chi connectivity index (χ1) is 15.0. The second-order valence-electron chi connectivity index (χ2n) is 8.47. The third-order valence-electron chi connectivity index (χ3n) is 4.25. The molecule has 0 amide bonds. The van der Waals surface area contributed by atoms with Gasteiger partial charge in [0.05, 0.1) is 27.7 Å². The summed E-state index contributed by atoms with van der Waals surface area (Å²) in [6.07, 6.45) is 3.51. The lowest BCUT2D eigenvalue weighted by molar-refractivity contribution is -0.870. The second kappa shape index (κ2) is 18.1. The molecule has 0 bridgehead atoms. The number of aliphatic hydroxyl groups excluding tert-OH is 2. The smallest absolute Gasteiger partial charge is 0.306 e. The molecule has 32 heavy (non-hydrogen) atoms. The highest BCUT2D eigenvalue weighted by Gasteiger charge is 2.22. The summed E-state index contributed by atoms with van der Waals surface area (Å²) in [5.41, 5.74) is -2.84. The van der Waals surface area contributed by atoms with Gasteiger partial charge in [-0.2, -0.15) is 0 Å². The Kier molecular flexibility index (Phi) is 18.0. The van der Waals surface area contributed by atoms with Crippen molar-refractivity contribution >= 4 is 41.7 Å². The van der Waals surface area contributed by atoms with Crippen LogP contribution in [0.4, 0.5) is 0 Å². The minimum Gasteiger partial charge on any atom is -0.462 e. The summed E-state index contributed by atoms with van der Waals surface area (Å²) in [6.45, 7) is 1.04. The van der Waals surface area contributed by atoms with Crippen LogP contribution in [-0.4, -0.2) is 93.5 Å². The van der Waals surface area contributed by atoms with Gasteiger partial charge in [-0.15, -0.1) is 0 Å². The molecule has 0 spiro atoms. The van der Waals surface area contributed by atoms with Crippen molar-refractivity contribution in [3.63, 3.8) is 0 Å². The van der Waals surface area contributed by atoms with E-state index in [4.69, 9.17) is 40.5 Å². The van der Waals surface area contributed by atoms with Crippen LogP contribution in [0.1, 0.15) is 51.4 Å². The van der Waals surface area contributed by atoms with E-state index in [1.165, 1.54) is 0 Å². The number of thiol groups is 1. The first-order valence-electron chi connectivity index (χ1n) is 11.0. The van der Waals surface area contributed by atoms with Crippen molar-refractivity contribution in [2.75, 3.05) is 60.7 Å². The van der Waals surface area contributed by atoms with Crippen LogP contribution in [0.15, 0.2) is 0 Å². The van der Waals surface area contributed by atoms with Crippen LogP contribution in [0.2, 0.25) is 0 Å². The van der Waals surface area contributed by atoms with Crippen molar-refractivity contribution in [1.82, 2.24) is 0 Å². The number of nitrogens with zero attached hydrogens (tertiary/aromatic N) is 1. The number of unbranched alkanes of at least 4 members (excludes halogenated alkanes) is 4. The average molecular weight is 519 g/mol. The lowest BCUT2D eigenvalue weighted by Crippen LogP contribution is -2.37. The third-order valence-corrected chi connectivity index (χ3v) is 6.56. The van der Waals surface area contributed by atoms with Crippen molar-refractivity contribution < 1.29 is 42.8 Å². The van der Waals surface area contributed by atoms with E-state index < -0.39 is 23.7 Å². The second-order valence-corrected chi connectivity index (χ2v) is 13.8. The predicted molar refractivity (Wildman–Crippen MR) is 130 cm³/mol. The molecule has 12 heteroatoms. The quantitative estimate of drug-likeness (QED) is 0.0736. The van der Waals surface area contributed by atoms with Crippen molar-refractivity contribution in [2.45, 2.75) is 57.5 Å². The molecule has 0 fully saturated rings. The summed E-state index contributed by atoms with van der Waals surface area (Å²) in [5.74, 6) is -0.842. The fourth-order valence-electron chi connectivity index (χ4n) is 2.38. The molecule has 2 unspecified atom stereocenters. The van der Waals surface area contributed by atoms with Gasteiger partial charge in [-0.1, -0.05) is 25.1 Å². The number of esters is 2. The standard InChI is InChI=1S/C20H40NO8PS2/c1-21(2,3)12-15-27-30(31,32)28-17-18(29-20(25)11-7-5-9-14-23)16-26-19(24)10-6-4-8-13-22/h18,22-23H,4-17H2,1-3H3/p+1. The Hall–Kier alpha value is -0.260. The predicted octanol–water partition coefficient (Wildman–Crippen LogP) is 2.44. The largest absolute Gasteiger partial charge is 0.462 e. The number of quaternary nitrogens is 1. The summed E-state index contributed by atoms with van der Waals surface area (Å²) in [5, 5.41) is 17.6. The van der Waals surface area contributed by atoms with Gasteiger partial charge < -0.3 is 33.2 Å². The SMILES string of the molecule is C[N+](C)(C)CCOP(=S)(S)OCC(COC(=O)CCCCCO)OC(=O)CCCCCO. The third kappa shape index (κ3) is 20.4. The molecule has 0 radical (unpaired) electrons. The van der Waals surface area contributed by atoms with Crippen LogP contribution in [0.25, 0.3) is 0 Å². The number of hydrogen-bond donors (Lipinski definition) is 3. The van der Waals surface area contributed by atoms with E-state index in [0.29, 0.717) is 43.2 Å². The molecule has 0 rings (SSSR count). The molecule has 0 aromatic carbocycles. The molecule has 0 heterocycles. The molecular weight excluding hydrogens is 477 g/mol. The van der Waals surface area contributed by atoms with Gasteiger partial charge in [-0.05, 0) is 37.5 Å². The summed E-state index contributed by atoms with van der Waals surface area (Å²) in [4.78, 5) is 24.1. The van der Waals surface area contributed by atoms with E-state index in [-0.39, 0.29) is 39.3 Å². The van der Waals surface area contributed by atoms with Gasteiger partial charge >= 0.3 is 11.9 Å². The number of hydrogen-bond acceptors (Lipinski definition) is 9. The van der Waals surface area contributed by atoms with Crippen molar-refractivity contribution in [3.05, 3.63) is 0 Å². The molecule has 0 aliphatic carbocycles. The Labute approximate surface area is 202 Å². The molecule has 0 aliphatic heterocycles. The van der Waals surface area contributed by atoms with Crippen LogP contribution in [-0.2, 0) is 39.9 Å². The number of carbonyl (C=O) groups is 2. The highest BCUT2D eigenvalue weighted by molar-refractivity contribution is 8.60. The summed E-state index contributed by atoms with van der Waals surface area (Å²) in [7, 11) is 6.08. The Morgan fingerprint density at radius 2 is 1.47 bits per heavy atom. The minimum absolute atomic E-state index is 0.0838. The number of ether oxygens (including phenoxy) is 2. The average Bonchev–Trinajstić information content (AvgIpc) is 2.69. The van der Waals surface area contributed by atoms with Crippen LogP contribution in [0.3, 0.4) is 0 Å². The van der Waals surface area contributed by atoms with Gasteiger partial charge in [0.15, 0.2) is 6.10 Å². The molecule has 9 nitrogen and oxygen atoms in total. The molecule has 0 aliphatic rings. The molecule has 2 atom stereocenters. The fraction of sp³-hybridized carbons (Fsp3) is 0.900. The molecule has 0 saturated carbocycles. The summed E-state index contributed by atoms with van der Waals surface area (Å²) < 4.78 is 22.6. The maximum Gasteiger partial charge on any atom is 0.306 e. The Bertz CT molecular complexity index is 574. The Morgan fingerprint density at radius 1 is 0.906 bits per heavy atom. The minimum atomic E-state index is -2.84. The number of carbonyl (C=O) groups excluding carboxylic acids is 2. The van der Waals surface area contributed by atoms with Gasteiger partial charge in [0.2, 0.25) is 5.69 Å². The van der Waals surface area contributed by atoms with E-state index in [2.05, 4.69) is 12.2 Å². The molecule has 0 aromatic heterocycles. The maximum absolute atomic E-state index is 12.1. The fourth-order valence-corrected chi connectivity index (χ4v) is 3.97. The first-order valence-corrected chi connectivity index (χ1v) is 14.8. The lowest BCUT2D eigenvalue weighted by atomic mass is 10.2. The van der Waals surface area contributed by atoms with Crippen LogP contribution >= 0.6 is 17.9 Å². The molecule has 190 valence electrons.